The zero-order valence-corrected chi connectivity index (χ0v) is 13.5. The summed E-state index contributed by atoms with van der Waals surface area (Å²) >= 11 is 0. The minimum Gasteiger partial charge on any atom is -0.381 e. The van der Waals surface area contributed by atoms with Crippen LogP contribution in [-0.2, 0) is 10.4 Å². The van der Waals surface area contributed by atoms with Crippen LogP contribution in [0.2, 0.25) is 0 Å². The van der Waals surface area contributed by atoms with Gasteiger partial charge in [0.25, 0.3) is 5.89 Å². The number of hydrogen-bond donors (Lipinski definition) is 0. The lowest BCUT2D eigenvalue weighted by atomic mass is 9.88. The van der Waals surface area contributed by atoms with E-state index in [0.29, 0.717) is 55.6 Å². The monoisotopic (exact) mass is 327 g/mol. The molecule has 6 heteroatoms. The third-order valence-corrected chi connectivity index (χ3v) is 4.47. The first-order valence-electron chi connectivity index (χ1n) is 8.07. The lowest BCUT2D eigenvalue weighted by molar-refractivity contribution is -0.0114. The Morgan fingerprint density at radius 3 is 2.54 bits per heavy atom. The van der Waals surface area contributed by atoms with Gasteiger partial charge >= 0.3 is 0 Å². The molecule has 0 aliphatic carbocycles. The minimum atomic E-state index is -1.31. The molecule has 0 spiro atoms. The summed E-state index contributed by atoms with van der Waals surface area (Å²) in [5.74, 6) is 0.898. The highest BCUT2D eigenvalue weighted by Gasteiger charge is 2.34. The highest BCUT2D eigenvalue weighted by molar-refractivity contribution is 6.07. The van der Waals surface area contributed by atoms with E-state index in [2.05, 4.69) is 15.1 Å². The highest BCUT2D eigenvalue weighted by atomic mass is 19.1. The maximum Gasteiger partial charge on any atom is 0.276 e. The van der Waals surface area contributed by atoms with Crippen molar-refractivity contribution in [3.8, 4) is 11.4 Å². The maximum atomic E-state index is 14.9. The SMILES string of the molecule is CC1=CC(c2nc(-c3ccc(C4(F)CCOCC4)cc3)no2)=NC1. The van der Waals surface area contributed by atoms with Crippen molar-refractivity contribution in [2.24, 2.45) is 4.99 Å². The summed E-state index contributed by atoms with van der Waals surface area (Å²) in [6, 6.07) is 7.26. The molecule has 2 aromatic rings. The van der Waals surface area contributed by atoms with Gasteiger partial charge in [0.15, 0.2) is 0 Å². The van der Waals surface area contributed by atoms with E-state index in [-0.39, 0.29) is 0 Å². The number of rotatable bonds is 3. The van der Waals surface area contributed by atoms with Crippen LogP contribution in [0.3, 0.4) is 0 Å². The Morgan fingerprint density at radius 1 is 1.12 bits per heavy atom. The molecule has 5 nitrogen and oxygen atoms in total. The summed E-state index contributed by atoms with van der Waals surface area (Å²) in [5, 5.41) is 4.01. The van der Waals surface area contributed by atoms with Crippen LogP contribution in [0, 0.1) is 0 Å². The second-order valence-corrected chi connectivity index (χ2v) is 6.27. The van der Waals surface area contributed by atoms with Crippen molar-refractivity contribution >= 4 is 5.71 Å². The number of alkyl halides is 1. The topological polar surface area (TPSA) is 60.5 Å². The van der Waals surface area contributed by atoms with Crippen molar-refractivity contribution in [2.45, 2.75) is 25.4 Å². The van der Waals surface area contributed by atoms with Crippen LogP contribution in [0.15, 0.2) is 45.4 Å². The molecular formula is C18H18FN3O2. The highest BCUT2D eigenvalue weighted by Crippen LogP contribution is 2.36. The molecule has 0 unspecified atom stereocenters. The molecule has 0 amide bonds. The largest absolute Gasteiger partial charge is 0.381 e. The van der Waals surface area contributed by atoms with Crippen molar-refractivity contribution in [1.29, 1.82) is 0 Å². The fraction of sp³-hybridized carbons (Fsp3) is 0.389. The van der Waals surface area contributed by atoms with Crippen molar-refractivity contribution in [3.63, 3.8) is 0 Å². The molecule has 1 aromatic heterocycles. The predicted molar refractivity (Wildman–Crippen MR) is 87.7 cm³/mol. The second-order valence-electron chi connectivity index (χ2n) is 6.27. The molecule has 3 heterocycles. The minimum absolute atomic E-state index is 0.393. The number of benzene rings is 1. The standard InChI is InChI=1S/C18H18FN3O2/c1-12-10-15(20-11-12)17-21-16(22-24-17)13-2-4-14(5-3-13)18(19)6-8-23-9-7-18/h2-5,10H,6-9,11H2,1H3. The van der Waals surface area contributed by atoms with Gasteiger partial charge in [-0.05, 0) is 24.1 Å². The number of aliphatic imine (C=N–C) groups is 1. The Morgan fingerprint density at radius 2 is 1.88 bits per heavy atom. The van der Waals surface area contributed by atoms with Gasteiger partial charge in [0.05, 0.1) is 6.54 Å². The lowest BCUT2D eigenvalue weighted by Gasteiger charge is -2.29. The van der Waals surface area contributed by atoms with E-state index < -0.39 is 5.67 Å². The van der Waals surface area contributed by atoms with E-state index in [1.54, 1.807) is 12.1 Å². The number of halogens is 1. The summed E-state index contributed by atoms with van der Waals surface area (Å²) in [5.41, 5.74) is 2.05. The molecule has 2 aliphatic rings. The lowest BCUT2D eigenvalue weighted by Crippen LogP contribution is -2.29. The smallest absolute Gasteiger partial charge is 0.276 e. The zero-order chi connectivity index (χ0) is 16.6. The molecule has 1 aromatic carbocycles. The first-order chi connectivity index (χ1) is 11.6. The molecule has 0 bridgehead atoms. The Labute approximate surface area is 139 Å². The third-order valence-electron chi connectivity index (χ3n) is 4.47. The van der Waals surface area contributed by atoms with Crippen LogP contribution in [-0.4, -0.2) is 35.6 Å². The summed E-state index contributed by atoms with van der Waals surface area (Å²) in [6.07, 6.45) is 2.73. The van der Waals surface area contributed by atoms with Gasteiger partial charge < -0.3 is 9.26 Å². The van der Waals surface area contributed by atoms with Crippen LogP contribution >= 0.6 is 0 Å². The van der Waals surface area contributed by atoms with E-state index in [9.17, 15) is 4.39 Å². The van der Waals surface area contributed by atoms with E-state index in [1.807, 2.05) is 25.1 Å². The molecule has 0 saturated carbocycles. The van der Waals surface area contributed by atoms with E-state index in [4.69, 9.17) is 9.26 Å². The molecule has 1 fully saturated rings. The van der Waals surface area contributed by atoms with Crippen LogP contribution < -0.4 is 0 Å². The molecule has 2 aliphatic heterocycles. The molecule has 124 valence electrons. The first kappa shape index (κ1) is 15.2. The van der Waals surface area contributed by atoms with Gasteiger partial charge in [0, 0.05) is 31.6 Å². The van der Waals surface area contributed by atoms with Crippen LogP contribution in [0.25, 0.3) is 11.4 Å². The fourth-order valence-corrected chi connectivity index (χ4v) is 3.01. The van der Waals surface area contributed by atoms with Gasteiger partial charge in [-0.3, -0.25) is 4.99 Å². The fourth-order valence-electron chi connectivity index (χ4n) is 3.01. The maximum absolute atomic E-state index is 14.9. The molecule has 0 radical (unpaired) electrons. The van der Waals surface area contributed by atoms with Crippen LogP contribution in [0.5, 0.6) is 0 Å². The molecule has 4 rings (SSSR count). The number of ether oxygens (including phenoxy) is 1. The molecule has 0 N–H and O–H groups in total. The Hall–Kier alpha value is -2.34. The van der Waals surface area contributed by atoms with E-state index in [1.165, 1.54) is 5.57 Å². The van der Waals surface area contributed by atoms with Crippen molar-refractivity contribution in [3.05, 3.63) is 47.4 Å². The molecular weight excluding hydrogens is 309 g/mol. The van der Waals surface area contributed by atoms with Crippen molar-refractivity contribution < 1.29 is 13.7 Å². The van der Waals surface area contributed by atoms with Gasteiger partial charge in [-0.1, -0.05) is 29.4 Å². The summed E-state index contributed by atoms with van der Waals surface area (Å²) in [6.45, 7) is 3.60. The second kappa shape index (κ2) is 5.94. The molecule has 24 heavy (non-hydrogen) atoms. The Balaban J connectivity index is 1.56. The van der Waals surface area contributed by atoms with Crippen molar-refractivity contribution in [2.75, 3.05) is 19.8 Å². The van der Waals surface area contributed by atoms with Crippen LogP contribution in [0.4, 0.5) is 4.39 Å². The summed E-state index contributed by atoms with van der Waals surface area (Å²) in [7, 11) is 0. The van der Waals surface area contributed by atoms with Gasteiger partial charge in [-0.2, -0.15) is 4.98 Å². The number of aromatic nitrogens is 2. The van der Waals surface area contributed by atoms with Crippen molar-refractivity contribution in [1.82, 2.24) is 10.1 Å². The van der Waals surface area contributed by atoms with E-state index in [0.717, 1.165) is 5.56 Å². The summed E-state index contributed by atoms with van der Waals surface area (Å²) in [4.78, 5) is 8.73. The van der Waals surface area contributed by atoms with E-state index >= 15 is 0 Å². The normalized spacial score (nSPS) is 19.9. The zero-order valence-electron chi connectivity index (χ0n) is 13.5. The molecule has 0 atom stereocenters. The van der Waals surface area contributed by atoms with Crippen LogP contribution in [0.1, 0.15) is 31.2 Å². The average molecular weight is 327 g/mol. The number of nitrogens with zero attached hydrogens (tertiary/aromatic N) is 3. The third kappa shape index (κ3) is 2.78. The van der Waals surface area contributed by atoms with Gasteiger partial charge in [0.1, 0.15) is 11.4 Å². The van der Waals surface area contributed by atoms with Gasteiger partial charge in [-0.15, -0.1) is 0 Å². The quantitative estimate of drug-likeness (QED) is 0.866. The Kier molecular flexibility index (Phi) is 3.76. The average Bonchev–Trinajstić information content (AvgIpc) is 3.25. The van der Waals surface area contributed by atoms with Gasteiger partial charge in [-0.25, -0.2) is 4.39 Å². The molecule has 1 saturated heterocycles. The number of hydrogen-bond acceptors (Lipinski definition) is 5. The first-order valence-corrected chi connectivity index (χ1v) is 8.07. The Bertz CT molecular complexity index is 802. The number of allylic oxidation sites excluding steroid dienone is 1. The predicted octanol–water partition coefficient (Wildman–Crippen LogP) is 3.46. The summed E-state index contributed by atoms with van der Waals surface area (Å²) < 4.78 is 25.5. The van der Waals surface area contributed by atoms with Gasteiger partial charge in [0.2, 0.25) is 5.82 Å².